The molecule has 0 spiro atoms. The van der Waals surface area contributed by atoms with Gasteiger partial charge in [-0.05, 0) is 51.6 Å². The lowest BCUT2D eigenvalue weighted by molar-refractivity contribution is -0.124. The number of Topliss-reactive ketones (excluding diaryl/α,β-unsaturated/α-hetero) is 1. The minimum absolute atomic E-state index is 0.0522. The lowest BCUT2D eigenvalue weighted by atomic mass is 9.87. The third-order valence-corrected chi connectivity index (χ3v) is 8.65. The van der Waals surface area contributed by atoms with Crippen molar-refractivity contribution in [3.05, 3.63) is 113 Å². The van der Waals surface area contributed by atoms with E-state index in [2.05, 4.69) is 14.8 Å². The minimum Gasteiger partial charge on any atom is -0.438 e. The summed E-state index contributed by atoms with van der Waals surface area (Å²) in [5.41, 5.74) is 8.91. The summed E-state index contributed by atoms with van der Waals surface area (Å²) < 4.78 is 40.0. The zero-order valence-corrected chi connectivity index (χ0v) is 23.3. The molecule has 0 saturated carbocycles. The van der Waals surface area contributed by atoms with Crippen molar-refractivity contribution in [1.82, 2.24) is 10.0 Å². The van der Waals surface area contributed by atoms with Crippen molar-refractivity contribution in [3.8, 4) is 0 Å². The Morgan fingerprint density at radius 2 is 1.63 bits per heavy atom. The van der Waals surface area contributed by atoms with Crippen molar-refractivity contribution in [1.29, 1.82) is 0 Å². The van der Waals surface area contributed by atoms with Crippen LogP contribution in [0, 0.1) is 0 Å². The van der Waals surface area contributed by atoms with Crippen LogP contribution < -0.4 is 15.8 Å². The van der Waals surface area contributed by atoms with Crippen LogP contribution in [0.25, 0.3) is 10.8 Å². The Balaban J connectivity index is 1.50. The number of ether oxygens (including phenoxy) is 2. The molecule has 10 heteroatoms. The number of carbonyl (C=O) groups excluding carboxylic acids is 2. The van der Waals surface area contributed by atoms with Gasteiger partial charge in [-0.3, -0.25) is 10.1 Å². The largest absolute Gasteiger partial charge is 0.509 e. The number of nitrogens with two attached hydrogens (primary N) is 1. The zero-order valence-electron chi connectivity index (χ0n) is 22.4. The van der Waals surface area contributed by atoms with Gasteiger partial charge in [-0.2, -0.15) is 0 Å². The molecule has 0 aliphatic carbocycles. The molecule has 0 amide bonds. The Labute approximate surface area is 238 Å². The first-order valence-electron chi connectivity index (χ1n) is 13.2. The van der Waals surface area contributed by atoms with Crippen molar-refractivity contribution in [2.24, 2.45) is 5.73 Å². The Morgan fingerprint density at radius 3 is 2.37 bits per heavy atom. The molecule has 1 aliphatic rings. The monoisotopic (exact) mass is 573 g/mol. The molecule has 1 heterocycles. The molecule has 9 nitrogen and oxygen atoms in total. The molecule has 0 bridgehead atoms. The van der Waals surface area contributed by atoms with Crippen LogP contribution in [-0.2, 0) is 43.7 Å². The molecule has 5 rings (SSSR count). The molecule has 0 fully saturated rings. The van der Waals surface area contributed by atoms with Gasteiger partial charge in [0, 0.05) is 13.0 Å². The topological polar surface area (TPSA) is 137 Å². The summed E-state index contributed by atoms with van der Waals surface area (Å²) in [7, 11) is -2.90. The van der Waals surface area contributed by atoms with Gasteiger partial charge in [-0.15, -0.1) is 0 Å². The molecule has 4 N–H and O–H groups in total. The van der Waals surface area contributed by atoms with Gasteiger partial charge in [-0.1, -0.05) is 78.9 Å². The summed E-state index contributed by atoms with van der Waals surface area (Å²) in [6, 6.07) is 24.9. The lowest BCUT2D eigenvalue weighted by Gasteiger charge is -2.33. The van der Waals surface area contributed by atoms with Gasteiger partial charge < -0.3 is 15.2 Å². The number of hydrogen-bond acceptors (Lipinski definition) is 8. The molecule has 1 aliphatic heterocycles. The number of fused-ring (bicyclic) bond motifs is 2. The average Bonchev–Trinajstić information content (AvgIpc) is 3.00. The summed E-state index contributed by atoms with van der Waals surface area (Å²) in [4.78, 5) is 26.1. The van der Waals surface area contributed by atoms with E-state index in [0.717, 1.165) is 27.5 Å². The van der Waals surface area contributed by atoms with Gasteiger partial charge in [0.25, 0.3) is 0 Å². The second-order valence-corrected chi connectivity index (χ2v) is 11.6. The van der Waals surface area contributed by atoms with Gasteiger partial charge in [0.05, 0.1) is 24.1 Å². The van der Waals surface area contributed by atoms with Crippen LogP contribution in [0.15, 0.2) is 95.9 Å². The number of sulfonamides is 1. The van der Waals surface area contributed by atoms with Crippen LogP contribution in [0.2, 0.25) is 0 Å². The van der Waals surface area contributed by atoms with Crippen LogP contribution in [0.4, 0.5) is 4.79 Å². The van der Waals surface area contributed by atoms with E-state index in [9.17, 15) is 18.0 Å². The fourth-order valence-corrected chi connectivity index (χ4v) is 6.29. The van der Waals surface area contributed by atoms with Gasteiger partial charge in [0.1, 0.15) is 0 Å². The quantitative estimate of drug-likeness (QED) is 0.258. The molecule has 3 atom stereocenters. The molecule has 4 aromatic carbocycles. The SMILES string of the molecule is COC(=O)OC1Cc2ccccc2C(C(=O)[C@H](Cc2ccc(CN)cc2)NS(=O)(=O)c2ccc3ccccc3c2)N1. The van der Waals surface area contributed by atoms with E-state index in [1.54, 1.807) is 12.1 Å². The Hall–Kier alpha value is -4.09. The first-order valence-corrected chi connectivity index (χ1v) is 14.7. The highest BCUT2D eigenvalue weighted by Crippen LogP contribution is 2.29. The Morgan fingerprint density at radius 1 is 0.951 bits per heavy atom. The van der Waals surface area contributed by atoms with Crippen molar-refractivity contribution < 1.29 is 27.5 Å². The Bertz CT molecular complexity index is 1670. The predicted octanol–water partition coefficient (Wildman–Crippen LogP) is 3.75. The Kier molecular flexibility index (Phi) is 8.46. The first-order chi connectivity index (χ1) is 19.8. The van der Waals surface area contributed by atoms with E-state index in [4.69, 9.17) is 10.5 Å². The maximum absolute atomic E-state index is 14.2. The van der Waals surface area contributed by atoms with Crippen molar-refractivity contribution in [2.75, 3.05) is 7.11 Å². The van der Waals surface area contributed by atoms with E-state index in [-0.39, 0.29) is 11.3 Å². The van der Waals surface area contributed by atoms with Gasteiger partial charge in [-0.25, -0.2) is 17.9 Å². The highest BCUT2D eigenvalue weighted by Gasteiger charge is 2.38. The number of nitrogens with one attached hydrogen (secondary N) is 2. The molecular formula is C31H31N3O6S. The third-order valence-electron chi connectivity index (χ3n) is 7.18. The van der Waals surface area contributed by atoms with Crippen LogP contribution in [0.5, 0.6) is 0 Å². The third kappa shape index (κ3) is 6.47. The fraction of sp³-hybridized carbons (Fsp3) is 0.226. The fourth-order valence-electron chi connectivity index (χ4n) is 5.05. The molecule has 41 heavy (non-hydrogen) atoms. The first kappa shape index (κ1) is 28.4. The summed E-state index contributed by atoms with van der Waals surface area (Å²) >= 11 is 0. The highest BCUT2D eigenvalue weighted by atomic mass is 32.2. The predicted molar refractivity (Wildman–Crippen MR) is 154 cm³/mol. The van der Waals surface area contributed by atoms with Crippen molar-refractivity contribution >= 4 is 32.7 Å². The maximum atomic E-state index is 14.2. The molecule has 4 aromatic rings. The van der Waals surface area contributed by atoms with Gasteiger partial charge in [0.15, 0.2) is 12.0 Å². The number of hydrogen-bond donors (Lipinski definition) is 3. The maximum Gasteiger partial charge on any atom is 0.509 e. The normalized spacial score (nSPS) is 17.4. The number of ketones is 1. The number of rotatable bonds is 9. The van der Waals surface area contributed by atoms with E-state index in [1.807, 2.05) is 72.8 Å². The molecular weight excluding hydrogens is 542 g/mol. The summed E-state index contributed by atoms with van der Waals surface area (Å²) in [6.45, 7) is 0.363. The van der Waals surface area contributed by atoms with Gasteiger partial charge in [0.2, 0.25) is 10.0 Å². The second kappa shape index (κ2) is 12.2. The summed E-state index contributed by atoms with van der Waals surface area (Å²) in [5, 5.41) is 4.75. The van der Waals surface area contributed by atoms with Crippen LogP contribution in [-0.4, -0.2) is 39.7 Å². The summed E-state index contributed by atoms with van der Waals surface area (Å²) in [6.07, 6.45) is -1.31. The summed E-state index contributed by atoms with van der Waals surface area (Å²) in [5.74, 6) is -0.414. The lowest BCUT2D eigenvalue weighted by Crippen LogP contribution is -2.52. The van der Waals surface area contributed by atoms with Gasteiger partial charge >= 0.3 is 6.16 Å². The number of carbonyl (C=O) groups is 2. The average molecular weight is 574 g/mol. The molecule has 0 saturated heterocycles. The van der Waals surface area contributed by atoms with Crippen LogP contribution >= 0.6 is 0 Å². The molecule has 0 radical (unpaired) electrons. The highest BCUT2D eigenvalue weighted by molar-refractivity contribution is 7.89. The van der Waals surface area contributed by atoms with Crippen LogP contribution in [0.3, 0.4) is 0 Å². The molecule has 212 valence electrons. The van der Waals surface area contributed by atoms with E-state index in [1.165, 1.54) is 13.2 Å². The van der Waals surface area contributed by atoms with E-state index < -0.39 is 40.3 Å². The van der Waals surface area contributed by atoms with Crippen LogP contribution in [0.1, 0.15) is 28.3 Å². The molecule has 2 unspecified atom stereocenters. The smallest absolute Gasteiger partial charge is 0.438 e. The number of methoxy groups -OCH3 is 1. The van der Waals surface area contributed by atoms with Crippen molar-refractivity contribution in [2.45, 2.75) is 42.6 Å². The minimum atomic E-state index is -4.11. The number of benzene rings is 4. The van der Waals surface area contributed by atoms with Crippen molar-refractivity contribution in [3.63, 3.8) is 0 Å². The van der Waals surface area contributed by atoms with E-state index in [0.29, 0.717) is 18.5 Å². The van der Waals surface area contributed by atoms with E-state index >= 15 is 0 Å². The zero-order chi connectivity index (χ0) is 29.0. The molecule has 0 aromatic heterocycles. The standard InChI is InChI=1S/C31H31N3O6S/c1-39-31(36)40-28-18-24-8-4-5-9-26(24)29(33-28)30(35)27(16-20-10-12-21(19-32)13-11-20)34-41(37,38)25-15-14-22-6-2-3-7-23(22)17-25/h2-15,17,27-29,33-34H,16,18-19,32H2,1H3/t27-,28?,29?/m0/s1. The second-order valence-electron chi connectivity index (χ2n) is 9.87.